The van der Waals surface area contributed by atoms with Crippen LogP contribution in [0.5, 0.6) is 0 Å². The Bertz CT molecular complexity index is 336. The van der Waals surface area contributed by atoms with Crippen molar-refractivity contribution in [2.24, 2.45) is 0 Å². The van der Waals surface area contributed by atoms with Crippen LogP contribution in [0, 0.1) is 5.82 Å². The van der Waals surface area contributed by atoms with Crippen molar-refractivity contribution in [3.05, 3.63) is 42.0 Å². The summed E-state index contributed by atoms with van der Waals surface area (Å²) in [6, 6.07) is 1.69. The van der Waals surface area contributed by atoms with Crippen LogP contribution in [0.15, 0.2) is 30.6 Å². The molecule has 0 fully saturated rings. The standard InChI is InChI=1S/C12H17FN2/c1-4-9(2)7-12(14-3)10-5-6-15-8-11(10)13/h5-6,8,12,14H,2,4,7H2,1,3H3. The van der Waals surface area contributed by atoms with Gasteiger partial charge in [0, 0.05) is 17.8 Å². The molecule has 1 aromatic heterocycles. The van der Waals surface area contributed by atoms with E-state index in [9.17, 15) is 4.39 Å². The molecular weight excluding hydrogens is 191 g/mol. The predicted octanol–water partition coefficient (Wildman–Crippen LogP) is 2.84. The van der Waals surface area contributed by atoms with Crippen molar-refractivity contribution in [3.63, 3.8) is 0 Å². The van der Waals surface area contributed by atoms with Gasteiger partial charge in [0.1, 0.15) is 5.82 Å². The number of hydrogen-bond acceptors (Lipinski definition) is 2. The highest BCUT2D eigenvalue weighted by Crippen LogP contribution is 2.22. The van der Waals surface area contributed by atoms with Crippen LogP contribution < -0.4 is 5.32 Å². The van der Waals surface area contributed by atoms with Crippen molar-refractivity contribution in [3.8, 4) is 0 Å². The molecule has 0 aliphatic heterocycles. The van der Waals surface area contributed by atoms with Crippen LogP contribution in [0.2, 0.25) is 0 Å². The van der Waals surface area contributed by atoms with E-state index in [0.717, 1.165) is 18.4 Å². The molecule has 0 radical (unpaired) electrons. The van der Waals surface area contributed by atoms with Crippen LogP contribution in [0.4, 0.5) is 4.39 Å². The topological polar surface area (TPSA) is 24.9 Å². The summed E-state index contributed by atoms with van der Waals surface area (Å²) in [4.78, 5) is 3.74. The average molecular weight is 208 g/mol. The van der Waals surface area contributed by atoms with Crippen molar-refractivity contribution < 1.29 is 4.39 Å². The van der Waals surface area contributed by atoms with E-state index in [1.807, 2.05) is 7.05 Å². The van der Waals surface area contributed by atoms with Crippen LogP contribution in [-0.2, 0) is 0 Å². The zero-order chi connectivity index (χ0) is 11.3. The first kappa shape index (κ1) is 11.9. The van der Waals surface area contributed by atoms with Gasteiger partial charge in [-0.15, -0.1) is 0 Å². The Morgan fingerprint density at radius 2 is 2.40 bits per heavy atom. The number of rotatable bonds is 5. The number of nitrogens with one attached hydrogen (secondary N) is 1. The molecule has 1 unspecified atom stereocenters. The molecule has 0 saturated heterocycles. The van der Waals surface area contributed by atoms with E-state index in [2.05, 4.69) is 23.8 Å². The third-order valence-corrected chi connectivity index (χ3v) is 2.52. The molecule has 1 atom stereocenters. The second kappa shape index (κ2) is 5.61. The first-order valence-corrected chi connectivity index (χ1v) is 5.12. The fourth-order valence-electron chi connectivity index (χ4n) is 1.47. The first-order chi connectivity index (χ1) is 7.19. The van der Waals surface area contributed by atoms with Crippen LogP contribution in [-0.4, -0.2) is 12.0 Å². The van der Waals surface area contributed by atoms with Crippen LogP contribution in [0.1, 0.15) is 31.4 Å². The van der Waals surface area contributed by atoms with Gasteiger partial charge < -0.3 is 5.32 Å². The summed E-state index contributed by atoms with van der Waals surface area (Å²) >= 11 is 0. The van der Waals surface area contributed by atoms with Gasteiger partial charge in [-0.1, -0.05) is 19.1 Å². The third-order valence-electron chi connectivity index (χ3n) is 2.52. The quantitative estimate of drug-likeness (QED) is 0.753. The molecule has 0 amide bonds. The normalized spacial score (nSPS) is 12.5. The zero-order valence-corrected chi connectivity index (χ0v) is 9.26. The number of nitrogens with zero attached hydrogens (tertiary/aromatic N) is 1. The highest BCUT2D eigenvalue weighted by molar-refractivity contribution is 5.19. The minimum absolute atomic E-state index is 0.0135. The molecule has 1 heterocycles. The third kappa shape index (κ3) is 3.13. The van der Waals surface area contributed by atoms with Crippen LogP contribution in [0.25, 0.3) is 0 Å². The van der Waals surface area contributed by atoms with Gasteiger partial charge in [0.25, 0.3) is 0 Å². The molecule has 0 spiro atoms. The summed E-state index contributed by atoms with van der Waals surface area (Å²) in [5.41, 5.74) is 1.77. The number of halogens is 1. The number of hydrogen-bond donors (Lipinski definition) is 1. The molecule has 0 saturated carbocycles. The Labute approximate surface area is 90.2 Å². The van der Waals surface area contributed by atoms with Gasteiger partial charge in [0.2, 0.25) is 0 Å². The fourth-order valence-corrected chi connectivity index (χ4v) is 1.47. The van der Waals surface area contributed by atoms with Crippen LogP contribution in [0.3, 0.4) is 0 Å². The van der Waals surface area contributed by atoms with Crippen LogP contribution >= 0.6 is 0 Å². The first-order valence-electron chi connectivity index (χ1n) is 5.12. The summed E-state index contributed by atoms with van der Waals surface area (Å²) < 4.78 is 13.4. The van der Waals surface area contributed by atoms with Crippen molar-refractivity contribution in [2.45, 2.75) is 25.8 Å². The van der Waals surface area contributed by atoms with Gasteiger partial charge in [-0.05, 0) is 26.0 Å². The molecule has 0 aromatic carbocycles. The lowest BCUT2D eigenvalue weighted by Gasteiger charge is -2.17. The second-order valence-corrected chi connectivity index (χ2v) is 3.55. The summed E-state index contributed by atoms with van der Waals surface area (Å²) in [6.07, 6.45) is 4.53. The molecule has 15 heavy (non-hydrogen) atoms. The Balaban J connectivity index is 2.83. The van der Waals surface area contributed by atoms with Crippen molar-refractivity contribution in [2.75, 3.05) is 7.05 Å². The minimum atomic E-state index is -0.263. The maximum absolute atomic E-state index is 13.4. The Hall–Kier alpha value is -1.22. The summed E-state index contributed by atoms with van der Waals surface area (Å²) in [5.74, 6) is -0.263. The molecular formula is C12H17FN2. The van der Waals surface area contributed by atoms with Crippen molar-refractivity contribution in [1.29, 1.82) is 0 Å². The maximum Gasteiger partial charge on any atom is 0.146 e. The molecule has 1 aromatic rings. The summed E-state index contributed by atoms with van der Waals surface area (Å²) in [7, 11) is 1.83. The zero-order valence-electron chi connectivity index (χ0n) is 9.26. The Morgan fingerprint density at radius 1 is 1.67 bits per heavy atom. The monoisotopic (exact) mass is 208 g/mol. The summed E-state index contributed by atoms with van der Waals surface area (Å²) in [6.45, 7) is 5.99. The average Bonchev–Trinajstić information content (AvgIpc) is 2.26. The van der Waals surface area contributed by atoms with E-state index in [-0.39, 0.29) is 11.9 Å². The lowest BCUT2D eigenvalue weighted by Crippen LogP contribution is -2.18. The molecule has 1 N–H and O–H groups in total. The van der Waals surface area contributed by atoms with E-state index in [0.29, 0.717) is 5.56 Å². The molecule has 0 bridgehead atoms. The van der Waals surface area contributed by atoms with Gasteiger partial charge in [-0.25, -0.2) is 4.39 Å². The van der Waals surface area contributed by atoms with Crippen molar-refractivity contribution >= 4 is 0 Å². The van der Waals surface area contributed by atoms with E-state index in [4.69, 9.17) is 0 Å². The Kier molecular flexibility index (Phi) is 4.43. The van der Waals surface area contributed by atoms with E-state index in [1.54, 1.807) is 12.3 Å². The van der Waals surface area contributed by atoms with E-state index < -0.39 is 0 Å². The highest BCUT2D eigenvalue weighted by Gasteiger charge is 2.14. The van der Waals surface area contributed by atoms with Gasteiger partial charge in [0.05, 0.1) is 6.20 Å². The van der Waals surface area contributed by atoms with E-state index in [1.165, 1.54) is 6.20 Å². The number of pyridine rings is 1. The van der Waals surface area contributed by atoms with Gasteiger partial charge in [-0.2, -0.15) is 0 Å². The smallest absolute Gasteiger partial charge is 0.146 e. The lowest BCUT2D eigenvalue weighted by atomic mass is 9.99. The predicted molar refractivity (Wildman–Crippen MR) is 60.0 cm³/mol. The Morgan fingerprint density at radius 3 is 2.93 bits per heavy atom. The largest absolute Gasteiger partial charge is 0.313 e. The molecule has 0 aliphatic carbocycles. The lowest BCUT2D eigenvalue weighted by molar-refractivity contribution is 0.526. The molecule has 82 valence electrons. The SMILES string of the molecule is C=C(CC)CC(NC)c1ccncc1F. The maximum atomic E-state index is 13.4. The molecule has 2 nitrogen and oxygen atoms in total. The van der Waals surface area contributed by atoms with Gasteiger partial charge >= 0.3 is 0 Å². The fraction of sp³-hybridized carbons (Fsp3) is 0.417. The molecule has 1 rings (SSSR count). The molecule has 0 aliphatic rings. The second-order valence-electron chi connectivity index (χ2n) is 3.55. The highest BCUT2D eigenvalue weighted by atomic mass is 19.1. The summed E-state index contributed by atoms with van der Waals surface area (Å²) in [5, 5.41) is 3.10. The van der Waals surface area contributed by atoms with E-state index >= 15 is 0 Å². The molecule has 3 heteroatoms. The van der Waals surface area contributed by atoms with Gasteiger partial charge in [-0.3, -0.25) is 4.98 Å². The number of aromatic nitrogens is 1. The minimum Gasteiger partial charge on any atom is -0.313 e. The van der Waals surface area contributed by atoms with Crippen molar-refractivity contribution in [1.82, 2.24) is 10.3 Å². The van der Waals surface area contributed by atoms with Gasteiger partial charge in [0.15, 0.2) is 0 Å².